The number of carbonyl (C=O) groups excluding carboxylic acids is 1. The summed E-state index contributed by atoms with van der Waals surface area (Å²) in [4.78, 5) is 9.98. The molecule has 3 heteroatoms. The Bertz CT molecular complexity index is 101. The summed E-state index contributed by atoms with van der Waals surface area (Å²) >= 11 is 0. The maximum Gasteiger partial charge on any atom is 0.220 e. The van der Waals surface area contributed by atoms with Gasteiger partial charge < -0.3 is 10.8 Å². The van der Waals surface area contributed by atoms with Crippen molar-refractivity contribution in [3.05, 3.63) is 12.7 Å². The van der Waals surface area contributed by atoms with Gasteiger partial charge in [0.2, 0.25) is 5.91 Å². The van der Waals surface area contributed by atoms with E-state index >= 15 is 0 Å². The molecule has 1 atom stereocenters. The van der Waals surface area contributed by atoms with Gasteiger partial charge in [0.05, 0.1) is 12.5 Å². The fourth-order valence-electron chi connectivity index (χ4n) is 0.289. The van der Waals surface area contributed by atoms with Crippen LogP contribution in [0.4, 0.5) is 0 Å². The first-order valence-corrected chi connectivity index (χ1v) is 2.25. The number of amides is 1. The van der Waals surface area contributed by atoms with Gasteiger partial charge in [-0.25, -0.2) is 0 Å². The van der Waals surface area contributed by atoms with Gasteiger partial charge in [-0.05, 0) is 0 Å². The van der Waals surface area contributed by atoms with E-state index in [1.807, 2.05) is 0 Å². The number of aliphatic hydroxyl groups is 1. The lowest BCUT2D eigenvalue weighted by atomic mass is 10.2. The normalized spacial score (nSPS) is 12.6. The Morgan fingerprint density at radius 2 is 2.50 bits per heavy atom. The van der Waals surface area contributed by atoms with Crippen LogP contribution in [0.5, 0.6) is 0 Å². The largest absolute Gasteiger partial charge is 0.389 e. The molecule has 0 heterocycles. The van der Waals surface area contributed by atoms with E-state index in [1.54, 1.807) is 0 Å². The highest BCUT2D eigenvalue weighted by molar-refractivity contribution is 5.74. The molecule has 3 nitrogen and oxygen atoms in total. The SMILES string of the molecule is C=C[C@@H](O)CC(N)=O. The van der Waals surface area contributed by atoms with Crippen molar-refractivity contribution in [3.8, 4) is 0 Å². The summed E-state index contributed by atoms with van der Waals surface area (Å²) in [5.74, 6) is -0.516. The van der Waals surface area contributed by atoms with Crippen LogP contribution in [0.3, 0.4) is 0 Å². The second kappa shape index (κ2) is 3.21. The van der Waals surface area contributed by atoms with Crippen molar-refractivity contribution in [1.82, 2.24) is 0 Å². The lowest BCUT2D eigenvalue weighted by Crippen LogP contribution is -2.17. The maximum absolute atomic E-state index is 9.98. The lowest BCUT2D eigenvalue weighted by molar-refractivity contribution is -0.119. The second-order valence-electron chi connectivity index (χ2n) is 1.47. The van der Waals surface area contributed by atoms with Crippen LogP contribution in [-0.2, 0) is 4.79 Å². The van der Waals surface area contributed by atoms with Crippen LogP contribution in [0, 0.1) is 0 Å². The average Bonchev–Trinajstić information content (AvgIpc) is 1.65. The predicted octanol–water partition coefficient (Wildman–Crippen LogP) is -0.591. The molecule has 0 aromatic rings. The summed E-state index contributed by atoms with van der Waals surface area (Å²) in [6.45, 7) is 3.26. The molecule has 0 aromatic carbocycles. The maximum atomic E-state index is 9.98. The van der Waals surface area contributed by atoms with Gasteiger partial charge in [0.15, 0.2) is 0 Å². The number of nitrogens with two attached hydrogens (primary N) is 1. The molecule has 0 aromatic heterocycles. The monoisotopic (exact) mass is 115 g/mol. The molecule has 0 aliphatic heterocycles. The molecule has 3 N–H and O–H groups in total. The third-order valence-electron chi connectivity index (χ3n) is 0.682. The molecule has 0 fully saturated rings. The summed E-state index contributed by atoms with van der Waals surface area (Å²) in [5, 5.41) is 8.61. The van der Waals surface area contributed by atoms with Crippen LogP contribution in [0.25, 0.3) is 0 Å². The van der Waals surface area contributed by atoms with Crippen LogP contribution >= 0.6 is 0 Å². The van der Waals surface area contributed by atoms with Crippen LogP contribution in [0.1, 0.15) is 6.42 Å². The summed E-state index contributed by atoms with van der Waals surface area (Å²) in [6, 6.07) is 0. The van der Waals surface area contributed by atoms with Gasteiger partial charge in [0, 0.05) is 0 Å². The Balaban J connectivity index is 3.38. The molecule has 0 spiro atoms. The number of primary amides is 1. The third-order valence-corrected chi connectivity index (χ3v) is 0.682. The minimum Gasteiger partial charge on any atom is -0.389 e. The molecule has 46 valence electrons. The van der Waals surface area contributed by atoms with Crippen molar-refractivity contribution in [3.63, 3.8) is 0 Å². The molecule has 8 heavy (non-hydrogen) atoms. The van der Waals surface area contributed by atoms with Gasteiger partial charge in [-0.1, -0.05) is 6.08 Å². The van der Waals surface area contributed by atoms with Gasteiger partial charge >= 0.3 is 0 Å². The van der Waals surface area contributed by atoms with E-state index in [4.69, 9.17) is 10.8 Å². The Morgan fingerprint density at radius 1 is 2.00 bits per heavy atom. The Labute approximate surface area is 47.8 Å². The molecule has 0 saturated heterocycles. The molecule has 0 aliphatic carbocycles. The molecule has 0 radical (unpaired) electrons. The number of rotatable bonds is 3. The summed E-state index contributed by atoms with van der Waals surface area (Å²) in [7, 11) is 0. The molecular weight excluding hydrogens is 106 g/mol. The van der Waals surface area contributed by atoms with Gasteiger partial charge in [-0.15, -0.1) is 6.58 Å². The molecule has 0 saturated carbocycles. The van der Waals surface area contributed by atoms with Gasteiger partial charge in [0.1, 0.15) is 0 Å². The van der Waals surface area contributed by atoms with Crippen LogP contribution < -0.4 is 5.73 Å². The van der Waals surface area contributed by atoms with Crippen LogP contribution in [0.2, 0.25) is 0 Å². The lowest BCUT2D eigenvalue weighted by Gasteiger charge is -1.97. The van der Waals surface area contributed by atoms with Crippen molar-refractivity contribution in [2.45, 2.75) is 12.5 Å². The quantitative estimate of drug-likeness (QED) is 0.483. The molecule has 0 unspecified atom stereocenters. The van der Waals surface area contributed by atoms with Crippen molar-refractivity contribution >= 4 is 5.91 Å². The Hall–Kier alpha value is -0.830. The smallest absolute Gasteiger partial charge is 0.220 e. The average molecular weight is 115 g/mol. The fraction of sp³-hybridized carbons (Fsp3) is 0.400. The topological polar surface area (TPSA) is 63.3 Å². The first kappa shape index (κ1) is 7.17. The number of hydrogen-bond donors (Lipinski definition) is 2. The Kier molecular flexibility index (Phi) is 2.88. The highest BCUT2D eigenvalue weighted by Gasteiger charge is 2.00. The number of aliphatic hydroxyl groups excluding tert-OH is 1. The summed E-state index contributed by atoms with van der Waals surface area (Å²) in [5.41, 5.74) is 4.72. The highest BCUT2D eigenvalue weighted by atomic mass is 16.3. The first-order chi connectivity index (χ1) is 3.66. The van der Waals surface area contributed by atoms with E-state index in [0.717, 1.165) is 0 Å². The molecule has 0 rings (SSSR count). The second-order valence-corrected chi connectivity index (χ2v) is 1.47. The summed E-state index contributed by atoms with van der Waals surface area (Å²) < 4.78 is 0. The van der Waals surface area contributed by atoms with E-state index < -0.39 is 12.0 Å². The molecule has 1 amide bonds. The van der Waals surface area contributed by atoms with Crippen molar-refractivity contribution < 1.29 is 9.90 Å². The van der Waals surface area contributed by atoms with Crippen molar-refractivity contribution in [1.29, 1.82) is 0 Å². The van der Waals surface area contributed by atoms with Gasteiger partial charge in [0.25, 0.3) is 0 Å². The molecular formula is C5H9NO2. The van der Waals surface area contributed by atoms with Gasteiger partial charge in [-0.2, -0.15) is 0 Å². The van der Waals surface area contributed by atoms with E-state index in [1.165, 1.54) is 6.08 Å². The first-order valence-electron chi connectivity index (χ1n) is 2.25. The Morgan fingerprint density at radius 3 is 2.62 bits per heavy atom. The van der Waals surface area contributed by atoms with E-state index in [-0.39, 0.29) is 6.42 Å². The molecule has 0 aliphatic rings. The zero-order chi connectivity index (χ0) is 6.57. The van der Waals surface area contributed by atoms with Crippen molar-refractivity contribution in [2.24, 2.45) is 5.73 Å². The van der Waals surface area contributed by atoms with E-state index in [0.29, 0.717) is 0 Å². The highest BCUT2D eigenvalue weighted by Crippen LogP contribution is 1.88. The minimum absolute atomic E-state index is 0.0382. The minimum atomic E-state index is -0.785. The zero-order valence-corrected chi connectivity index (χ0v) is 4.50. The standard InChI is InChI=1S/C5H9NO2/c1-2-4(7)3-5(6)8/h2,4,7H,1,3H2,(H2,6,8)/t4-/m1/s1. The summed E-state index contributed by atoms with van der Waals surface area (Å²) in [6.07, 6.45) is 0.446. The van der Waals surface area contributed by atoms with Gasteiger partial charge in [-0.3, -0.25) is 4.79 Å². The molecule has 0 bridgehead atoms. The third kappa shape index (κ3) is 3.36. The van der Waals surface area contributed by atoms with E-state index in [9.17, 15) is 4.79 Å². The number of carbonyl (C=O) groups is 1. The predicted molar refractivity (Wildman–Crippen MR) is 30.0 cm³/mol. The number of hydrogen-bond acceptors (Lipinski definition) is 2. The zero-order valence-electron chi connectivity index (χ0n) is 4.50. The van der Waals surface area contributed by atoms with Crippen LogP contribution in [0.15, 0.2) is 12.7 Å². The van der Waals surface area contributed by atoms with Crippen LogP contribution in [-0.4, -0.2) is 17.1 Å². The van der Waals surface area contributed by atoms with E-state index in [2.05, 4.69) is 6.58 Å². The van der Waals surface area contributed by atoms with Crippen molar-refractivity contribution in [2.75, 3.05) is 0 Å². The fourth-order valence-corrected chi connectivity index (χ4v) is 0.289.